The standard InChI is InChI=1S/C15H17N3OS2/c1-18-8-7-16-15(18)20-10-13-9-17-14(21-13)11-3-5-12(19-2)6-4-11/h3-8,13H,9-10H2,1-2H3/t13-/m1/s1. The number of methoxy groups -OCH3 is 1. The molecule has 6 heteroatoms. The number of nitrogens with zero attached hydrogens (tertiary/aromatic N) is 3. The highest BCUT2D eigenvalue weighted by Gasteiger charge is 2.21. The lowest BCUT2D eigenvalue weighted by Crippen LogP contribution is -2.07. The van der Waals surface area contributed by atoms with Gasteiger partial charge < -0.3 is 9.30 Å². The first-order chi connectivity index (χ1) is 10.3. The summed E-state index contributed by atoms with van der Waals surface area (Å²) in [6, 6.07) is 8.10. The van der Waals surface area contributed by atoms with Gasteiger partial charge in [-0.3, -0.25) is 4.99 Å². The van der Waals surface area contributed by atoms with E-state index < -0.39 is 0 Å². The third kappa shape index (κ3) is 3.44. The summed E-state index contributed by atoms with van der Waals surface area (Å²) in [6.45, 7) is 0.878. The van der Waals surface area contributed by atoms with Crippen LogP contribution in [-0.4, -0.2) is 39.3 Å². The minimum Gasteiger partial charge on any atom is -0.497 e. The fraction of sp³-hybridized carbons (Fsp3) is 0.333. The second-order valence-electron chi connectivity index (χ2n) is 4.75. The van der Waals surface area contributed by atoms with Crippen LogP contribution in [0.15, 0.2) is 46.8 Å². The number of ether oxygens (including phenoxy) is 1. The zero-order chi connectivity index (χ0) is 14.7. The number of rotatable bonds is 5. The van der Waals surface area contributed by atoms with Crippen LogP contribution in [0.1, 0.15) is 5.56 Å². The molecule has 1 aliphatic heterocycles. The number of hydrogen-bond acceptors (Lipinski definition) is 5. The smallest absolute Gasteiger partial charge is 0.167 e. The van der Waals surface area contributed by atoms with Gasteiger partial charge in [-0.25, -0.2) is 4.98 Å². The van der Waals surface area contributed by atoms with E-state index in [-0.39, 0.29) is 0 Å². The largest absolute Gasteiger partial charge is 0.497 e. The minimum atomic E-state index is 0.517. The Morgan fingerprint density at radius 3 is 2.86 bits per heavy atom. The van der Waals surface area contributed by atoms with Gasteiger partial charge in [0, 0.05) is 36.0 Å². The number of aliphatic imine (C=N–C) groups is 1. The lowest BCUT2D eigenvalue weighted by atomic mass is 10.2. The van der Waals surface area contributed by atoms with Gasteiger partial charge in [0.1, 0.15) is 5.75 Å². The monoisotopic (exact) mass is 319 g/mol. The van der Waals surface area contributed by atoms with E-state index in [1.165, 1.54) is 5.56 Å². The highest BCUT2D eigenvalue weighted by atomic mass is 32.2. The van der Waals surface area contributed by atoms with Gasteiger partial charge >= 0.3 is 0 Å². The van der Waals surface area contributed by atoms with Crippen LogP contribution in [0.25, 0.3) is 0 Å². The topological polar surface area (TPSA) is 39.4 Å². The molecule has 0 N–H and O–H groups in total. The van der Waals surface area contributed by atoms with Crippen molar-refractivity contribution < 1.29 is 4.74 Å². The van der Waals surface area contributed by atoms with Crippen molar-refractivity contribution in [1.82, 2.24) is 9.55 Å². The van der Waals surface area contributed by atoms with Crippen molar-refractivity contribution in [2.24, 2.45) is 12.0 Å². The molecule has 0 bridgehead atoms. The van der Waals surface area contributed by atoms with Gasteiger partial charge in [-0.2, -0.15) is 0 Å². The molecule has 0 unspecified atom stereocenters. The molecule has 1 aromatic heterocycles. The van der Waals surface area contributed by atoms with E-state index in [4.69, 9.17) is 4.74 Å². The Bertz CT molecular complexity index is 637. The van der Waals surface area contributed by atoms with Crippen molar-refractivity contribution in [2.45, 2.75) is 10.4 Å². The maximum absolute atomic E-state index is 5.18. The molecule has 0 spiro atoms. The van der Waals surface area contributed by atoms with Gasteiger partial charge in [-0.15, -0.1) is 11.8 Å². The molecule has 2 heterocycles. The Labute approximate surface area is 133 Å². The Morgan fingerprint density at radius 2 is 2.19 bits per heavy atom. The summed E-state index contributed by atoms with van der Waals surface area (Å²) >= 11 is 3.65. The molecule has 0 aliphatic carbocycles. The maximum Gasteiger partial charge on any atom is 0.167 e. The second-order valence-corrected chi connectivity index (χ2v) is 7.02. The summed E-state index contributed by atoms with van der Waals surface area (Å²) < 4.78 is 7.24. The Kier molecular flexibility index (Phi) is 4.55. The molecule has 0 saturated heterocycles. The molecule has 0 fully saturated rings. The summed E-state index contributed by atoms with van der Waals surface area (Å²) in [5.41, 5.74) is 1.17. The third-order valence-corrected chi connectivity index (χ3v) is 5.90. The van der Waals surface area contributed by atoms with Gasteiger partial charge in [0.15, 0.2) is 5.16 Å². The number of thioether (sulfide) groups is 2. The van der Waals surface area contributed by atoms with Crippen LogP contribution in [-0.2, 0) is 7.05 Å². The van der Waals surface area contributed by atoms with E-state index >= 15 is 0 Å². The molecule has 21 heavy (non-hydrogen) atoms. The average Bonchev–Trinajstić information content (AvgIpc) is 3.14. The van der Waals surface area contributed by atoms with Crippen LogP contribution >= 0.6 is 23.5 Å². The molecule has 0 radical (unpaired) electrons. The van der Waals surface area contributed by atoms with Gasteiger partial charge in [0.25, 0.3) is 0 Å². The minimum absolute atomic E-state index is 0.517. The van der Waals surface area contributed by atoms with E-state index in [0.29, 0.717) is 5.25 Å². The fourth-order valence-corrected chi connectivity index (χ4v) is 4.26. The first-order valence-electron chi connectivity index (χ1n) is 6.72. The van der Waals surface area contributed by atoms with Gasteiger partial charge in [-0.1, -0.05) is 11.8 Å². The summed E-state index contributed by atoms with van der Waals surface area (Å²) in [7, 11) is 3.71. The van der Waals surface area contributed by atoms with E-state index in [1.807, 2.05) is 43.3 Å². The Morgan fingerprint density at radius 1 is 1.38 bits per heavy atom. The van der Waals surface area contributed by atoms with Gasteiger partial charge in [-0.05, 0) is 24.3 Å². The summed E-state index contributed by atoms with van der Waals surface area (Å²) in [6.07, 6.45) is 3.81. The van der Waals surface area contributed by atoms with Crippen LogP contribution in [0.5, 0.6) is 5.75 Å². The molecule has 1 aromatic carbocycles. The molecular weight excluding hydrogens is 302 g/mol. The molecule has 2 aromatic rings. The van der Waals surface area contributed by atoms with Crippen LogP contribution in [0.3, 0.4) is 0 Å². The van der Waals surface area contributed by atoms with E-state index in [0.717, 1.165) is 28.2 Å². The van der Waals surface area contributed by atoms with Crippen molar-refractivity contribution >= 4 is 28.6 Å². The Hall–Kier alpha value is -1.40. The summed E-state index contributed by atoms with van der Waals surface area (Å²) in [5, 5.41) is 2.71. The highest BCUT2D eigenvalue weighted by molar-refractivity contribution is 8.16. The number of hydrogen-bond donors (Lipinski definition) is 0. The molecule has 4 nitrogen and oxygen atoms in total. The SMILES string of the molecule is COc1ccc(C2=NC[C@H](CSc3nccn3C)S2)cc1. The maximum atomic E-state index is 5.18. The lowest BCUT2D eigenvalue weighted by molar-refractivity contribution is 0.415. The molecule has 3 rings (SSSR count). The van der Waals surface area contributed by atoms with Crippen LogP contribution in [0.4, 0.5) is 0 Å². The molecular formula is C15H17N3OS2. The van der Waals surface area contributed by atoms with Gasteiger partial charge in [0.2, 0.25) is 0 Å². The van der Waals surface area contributed by atoms with Crippen LogP contribution < -0.4 is 4.74 Å². The molecule has 1 aliphatic rings. The number of benzene rings is 1. The van der Waals surface area contributed by atoms with Crippen molar-refractivity contribution in [3.8, 4) is 5.75 Å². The number of aryl methyl sites for hydroxylation is 1. The van der Waals surface area contributed by atoms with Crippen LogP contribution in [0.2, 0.25) is 0 Å². The normalized spacial score (nSPS) is 17.8. The fourth-order valence-electron chi connectivity index (χ4n) is 2.06. The van der Waals surface area contributed by atoms with E-state index in [9.17, 15) is 0 Å². The summed E-state index contributed by atoms with van der Waals surface area (Å²) in [4.78, 5) is 9.00. The van der Waals surface area contributed by atoms with Crippen molar-refractivity contribution in [1.29, 1.82) is 0 Å². The van der Waals surface area contributed by atoms with Gasteiger partial charge in [0.05, 0.1) is 18.7 Å². The van der Waals surface area contributed by atoms with Crippen LogP contribution in [0, 0.1) is 0 Å². The molecule has 1 atom stereocenters. The van der Waals surface area contributed by atoms with E-state index in [1.54, 1.807) is 18.9 Å². The lowest BCUT2D eigenvalue weighted by Gasteiger charge is -2.08. The molecule has 110 valence electrons. The highest BCUT2D eigenvalue weighted by Crippen LogP contribution is 2.30. The summed E-state index contributed by atoms with van der Waals surface area (Å²) in [5.74, 6) is 1.91. The number of aromatic nitrogens is 2. The van der Waals surface area contributed by atoms with E-state index in [2.05, 4.69) is 26.7 Å². The predicted octanol–water partition coefficient (Wildman–Crippen LogP) is 3.08. The molecule has 0 amide bonds. The molecule has 0 saturated carbocycles. The van der Waals surface area contributed by atoms with Crippen molar-refractivity contribution in [3.63, 3.8) is 0 Å². The first-order valence-corrected chi connectivity index (χ1v) is 8.58. The Balaban J connectivity index is 1.55. The number of imidazole rings is 1. The zero-order valence-electron chi connectivity index (χ0n) is 12.0. The average molecular weight is 319 g/mol. The van der Waals surface area contributed by atoms with Crippen molar-refractivity contribution in [3.05, 3.63) is 42.2 Å². The first kappa shape index (κ1) is 14.5. The van der Waals surface area contributed by atoms with Crippen molar-refractivity contribution in [2.75, 3.05) is 19.4 Å². The quantitative estimate of drug-likeness (QED) is 0.794. The second kappa shape index (κ2) is 6.58. The zero-order valence-corrected chi connectivity index (χ0v) is 13.7. The predicted molar refractivity (Wildman–Crippen MR) is 89.7 cm³/mol. The third-order valence-electron chi connectivity index (χ3n) is 3.23.